The molecule has 3 heterocycles. The van der Waals surface area contributed by atoms with E-state index in [1.165, 1.54) is 29.2 Å². The van der Waals surface area contributed by atoms with E-state index in [2.05, 4.69) is 25.5 Å². The molecule has 0 saturated carbocycles. The van der Waals surface area contributed by atoms with Gasteiger partial charge in [-0.2, -0.15) is 18.3 Å². The average Bonchev–Trinajstić information content (AvgIpc) is 3.32. The Bertz CT molecular complexity index is 1270. The zero-order valence-electron chi connectivity index (χ0n) is 15.9. The van der Waals surface area contributed by atoms with E-state index in [0.29, 0.717) is 22.7 Å². The molecule has 1 amide bonds. The third-order valence-electron chi connectivity index (χ3n) is 4.92. The number of anilines is 2. The number of nitrogens with one attached hydrogen (secondary N) is 2. The first-order chi connectivity index (χ1) is 14.2. The monoisotopic (exact) mass is 415 g/mol. The first-order valence-corrected chi connectivity index (χ1v) is 8.79. The molecule has 30 heavy (non-hydrogen) atoms. The van der Waals surface area contributed by atoms with Crippen molar-refractivity contribution in [3.05, 3.63) is 59.3 Å². The summed E-state index contributed by atoms with van der Waals surface area (Å²) in [5, 5.41) is 8.72. The Morgan fingerprint density at radius 1 is 1.20 bits per heavy atom. The number of hydrogen-bond donors (Lipinski definition) is 3. The first kappa shape index (κ1) is 19.4. The third kappa shape index (κ3) is 3.13. The quantitative estimate of drug-likeness (QED) is 0.471. The lowest BCUT2D eigenvalue weighted by atomic mass is 10.0. The van der Waals surface area contributed by atoms with E-state index < -0.39 is 17.8 Å². The summed E-state index contributed by atoms with van der Waals surface area (Å²) in [7, 11) is 0. The standard InChI is InChI=1S/C19H16F3N7O/c1-9-10(2)13(4-3-11(9)16(23)30)27-17-18-25-8-14(29(18)6-5-24-17)12-7-26-28-15(12)19(20,21)22/h3-8H,1-2H3,(H2,23,30)(H,24,27)(H,26,28). The van der Waals surface area contributed by atoms with Crippen LogP contribution in [0.1, 0.15) is 27.2 Å². The molecule has 0 aliphatic rings. The highest BCUT2D eigenvalue weighted by Crippen LogP contribution is 2.36. The second-order valence-corrected chi connectivity index (χ2v) is 6.66. The smallest absolute Gasteiger partial charge is 0.366 e. The molecule has 0 aliphatic carbocycles. The van der Waals surface area contributed by atoms with Crippen molar-refractivity contribution in [2.45, 2.75) is 20.0 Å². The lowest BCUT2D eigenvalue weighted by Crippen LogP contribution is -2.13. The topological polar surface area (TPSA) is 114 Å². The molecule has 0 bridgehead atoms. The molecule has 3 aromatic heterocycles. The number of fused-ring (bicyclic) bond motifs is 1. The van der Waals surface area contributed by atoms with E-state index in [9.17, 15) is 18.0 Å². The van der Waals surface area contributed by atoms with Crippen molar-refractivity contribution in [2.24, 2.45) is 5.73 Å². The van der Waals surface area contributed by atoms with Crippen LogP contribution in [0.3, 0.4) is 0 Å². The molecule has 4 N–H and O–H groups in total. The number of primary amides is 1. The summed E-state index contributed by atoms with van der Waals surface area (Å²) < 4.78 is 41.2. The Morgan fingerprint density at radius 2 is 1.97 bits per heavy atom. The van der Waals surface area contributed by atoms with E-state index in [-0.39, 0.29) is 11.3 Å². The van der Waals surface area contributed by atoms with Crippen molar-refractivity contribution < 1.29 is 18.0 Å². The summed E-state index contributed by atoms with van der Waals surface area (Å²) in [6.07, 6.45) is 0.870. The Kier molecular flexibility index (Phi) is 4.45. The van der Waals surface area contributed by atoms with Crippen molar-refractivity contribution in [2.75, 3.05) is 5.32 Å². The summed E-state index contributed by atoms with van der Waals surface area (Å²) in [6.45, 7) is 3.60. The van der Waals surface area contributed by atoms with E-state index in [1.807, 2.05) is 6.92 Å². The minimum absolute atomic E-state index is 0.120. The van der Waals surface area contributed by atoms with Gasteiger partial charge in [-0.15, -0.1) is 0 Å². The van der Waals surface area contributed by atoms with E-state index >= 15 is 0 Å². The number of alkyl halides is 3. The van der Waals surface area contributed by atoms with Crippen LogP contribution < -0.4 is 11.1 Å². The largest absolute Gasteiger partial charge is 0.435 e. The minimum Gasteiger partial charge on any atom is -0.366 e. The van der Waals surface area contributed by atoms with Gasteiger partial charge in [0.15, 0.2) is 17.2 Å². The second-order valence-electron chi connectivity index (χ2n) is 6.66. The summed E-state index contributed by atoms with van der Waals surface area (Å²) in [4.78, 5) is 20.0. The number of nitrogens with zero attached hydrogens (tertiary/aromatic N) is 4. The van der Waals surface area contributed by atoms with Crippen LogP contribution in [0, 0.1) is 13.8 Å². The van der Waals surface area contributed by atoms with Gasteiger partial charge >= 0.3 is 6.18 Å². The van der Waals surface area contributed by atoms with Crippen LogP contribution >= 0.6 is 0 Å². The van der Waals surface area contributed by atoms with Crippen LogP contribution in [-0.4, -0.2) is 30.5 Å². The number of aromatic nitrogens is 5. The van der Waals surface area contributed by atoms with Gasteiger partial charge < -0.3 is 11.1 Å². The first-order valence-electron chi connectivity index (χ1n) is 8.79. The number of amides is 1. The number of aromatic amines is 1. The van der Waals surface area contributed by atoms with E-state index in [1.54, 1.807) is 19.1 Å². The molecule has 0 saturated heterocycles. The van der Waals surface area contributed by atoms with Crippen molar-refractivity contribution in [3.63, 3.8) is 0 Å². The maximum atomic E-state index is 13.2. The Labute approximate surface area is 168 Å². The molecular weight excluding hydrogens is 399 g/mol. The van der Waals surface area contributed by atoms with Crippen molar-refractivity contribution in [3.8, 4) is 11.3 Å². The summed E-state index contributed by atoms with van der Waals surface area (Å²) in [5.41, 5.74) is 7.37. The zero-order chi connectivity index (χ0) is 21.6. The van der Waals surface area contributed by atoms with Crippen LogP contribution in [0.15, 0.2) is 36.9 Å². The van der Waals surface area contributed by atoms with Crippen molar-refractivity contribution in [1.82, 2.24) is 24.6 Å². The lowest BCUT2D eigenvalue weighted by Gasteiger charge is -2.14. The van der Waals surface area contributed by atoms with Crippen LogP contribution in [-0.2, 0) is 6.18 Å². The van der Waals surface area contributed by atoms with Gasteiger partial charge in [-0.1, -0.05) is 0 Å². The van der Waals surface area contributed by atoms with E-state index in [0.717, 1.165) is 11.1 Å². The lowest BCUT2D eigenvalue weighted by molar-refractivity contribution is -0.140. The molecule has 4 rings (SSSR count). The Morgan fingerprint density at radius 3 is 2.67 bits per heavy atom. The van der Waals surface area contributed by atoms with Crippen molar-refractivity contribution >= 4 is 23.1 Å². The fourth-order valence-electron chi connectivity index (χ4n) is 3.26. The normalized spacial score (nSPS) is 11.8. The molecule has 4 aromatic rings. The molecule has 8 nitrogen and oxygen atoms in total. The Hall–Kier alpha value is -3.89. The number of carbonyl (C=O) groups is 1. The minimum atomic E-state index is -4.61. The fourth-order valence-corrected chi connectivity index (χ4v) is 3.26. The molecule has 0 radical (unpaired) electrons. The highest BCUT2D eigenvalue weighted by molar-refractivity contribution is 5.95. The highest BCUT2D eigenvalue weighted by Gasteiger charge is 2.37. The number of hydrogen-bond acceptors (Lipinski definition) is 5. The van der Waals surface area contributed by atoms with Gasteiger partial charge in [-0.25, -0.2) is 9.97 Å². The molecule has 0 aliphatic heterocycles. The van der Waals surface area contributed by atoms with Gasteiger partial charge in [0.25, 0.3) is 0 Å². The molecule has 0 unspecified atom stereocenters. The predicted octanol–water partition coefficient (Wildman–Crippen LogP) is 3.60. The highest BCUT2D eigenvalue weighted by atomic mass is 19.4. The average molecular weight is 415 g/mol. The third-order valence-corrected chi connectivity index (χ3v) is 4.92. The molecule has 0 spiro atoms. The summed E-state index contributed by atoms with van der Waals surface area (Å²) in [5.74, 6) is -0.184. The summed E-state index contributed by atoms with van der Waals surface area (Å²) >= 11 is 0. The number of rotatable bonds is 4. The summed E-state index contributed by atoms with van der Waals surface area (Å²) in [6, 6.07) is 3.29. The van der Waals surface area contributed by atoms with Crippen LogP contribution in [0.25, 0.3) is 16.9 Å². The molecule has 1 aromatic carbocycles. The number of halogens is 3. The van der Waals surface area contributed by atoms with Crippen molar-refractivity contribution in [1.29, 1.82) is 0 Å². The van der Waals surface area contributed by atoms with Gasteiger partial charge in [0.2, 0.25) is 5.91 Å². The molecule has 154 valence electrons. The van der Waals surface area contributed by atoms with Crippen LogP contribution in [0.5, 0.6) is 0 Å². The van der Waals surface area contributed by atoms with Crippen LogP contribution in [0.4, 0.5) is 24.7 Å². The molecular formula is C19H16F3N7O. The molecule has 0 fully saturated rings. The van der Waals surface area contributed by atoms with Gasteiger partial charge in [0, 0.05) is 29.8 Å². The fraction of sp³-hybridized carbons (Fsp3) is 0.158. The maximum absolute atomic E-state index is 13.2. The predicted molar refractivity (Wildman–Crippen MR) is 103 cm³/mol. The maximum Gasteiger partial charge on any atom is 0.435 e. The zero-order valence-corrected chi connectivity index (χ0v) is 15.9. The van der Waals surface area contributed by atoms with Gasteiger partial charge in [0.05, 0.1) is 17.5 Å². The second kappa shape index (κ2) is 6.87. The van der Waals surface area contributed by atoms with Gasteiger partial charge in [0.1, 0.15) is 0 Å². The molecule has 0 atom stereocenters. The SMILES string of the molecule is Cc1c(Nc2nccn3c(-c4c[nH]nc4C(F)(F)F)cnc23)ccc(C(N)=O)c1C. The number of carbonyl (C=O) groups excluding carboxylic acids is 1. The van der Waals surface area contributed by atoms with Crippen LogP contribution in [0.2, 0.25) is 0 Å². The molecule has 11 heteroatoms. The van der Waals surface area contributed by atoms with Gasteiger partial charge in [-0.05, 0) is 37.1 Å². The number of imidazole rings is 1. The number of benzene rings is 1. The Balaban J connectivity index is 1.78. The van der Waals surface area contributed by atoms with Gasteiger partial charge in [-0.3, -0.25) is 14.3 Å². The van der Waals surface area contributed by atoms with E-state index in [4.69, 9.17) is 5.73 Å². The number of nitrogens with two attached hydrogens (primary N) is 1. The number of H-pyrrole nitrogens is 1.